The molecule has 236 valence electrons. The summed E-state index contributed by atoms with van der Waals surface area (Å²) >= 11 is 0. The molecule has 0 fully saturated rings. The van der Waals surface area contributed by atoms with Crippen LogP contribution in [0.4, 0.5) is 17.1 Å². The van der Waals surface area contributed by atoms with Crippen molar-refractivity contribution in [2.24, 2.45) is 0 Å². The van der Waals surface area contributed by atoms with E-state index in [2.05, 4.69) is 186 Å². The molecule has 2 aliphatic rings. The summed E-state index contributed by atoms with van der Waals surface area (Å²) in [7, 11) is 0. The van der Waals surface area contributed by atoms with E-state index in [0.29, 0.717) is 0 Å². The molecule has 0 bridgehead atoms. The van der Waals surface area contributed by atoms with Crippen molar-refractivity contribution < 1.29 is 0 Å². The Kier molecular flexibility index (Phi) is 5.47. The van der Waals surface area contributed by atoms with Gasteiger partial charge in [0.15, 0.2) is 0 Å². The summed E-state index contributed by atoms with van der Waals surface area (Å²) in [4.78, 5) is 2.48. The third kappa shape index (κ3) is 3.60. The maximum atomic E-state index is 2.59. The van der Waals surface area contributed by atoms with Crippen molar-refractivity contribution in [3.05, 3.63) is 157 Å². The van der Waals surface area contributed by atoms with E-state index in [4.69, 9.17) is 0 Å². The molecule has 4 heteroatoms. The van der Waals surface area contributed by atoms with Crippen molar-refractivity contribution in [3.8, 4) is 11.4 Å². The van der Waals surface area contributed by atoms with Gasteiger partial charge in [0.1, 0.15) is 0 Å². The number of hydrogen-bond acceptors (Lipinski definition) is 1. The molecule has 3 nitrogen and oxygen atoms in total. The average Bonchev–Trinajstić information content (AvgIpc) is 3.65. The minimum Gasteiger partial charge on any atom is -0.311 e. The molecule has 2 aromatic heterocycles. The molecule has 0 saturated carbocycles. The number of nitrogens with zero attached hydrogens (tertiary/aromatic N) is 3. The number of aromatic nitrogens is 2. The van der Waals surface area contributed by atoms with Gasteiger partial charge in [0.05, 0.1) is 22.1 Å². The van der Waals surface area contributed by atoms with Gasteiger partial charge in [-0.1, -0.05) is 112 Å². The largest absolute Gasteiger partial charge is 0.311 e. The minimum atomic E-state index is 0.0238. The van der Waals surface area contributed by atoms with Crippen molar-refractivity contribution in [1.29, 1.82) is 0 Å². The van der Waals surface area contributed by atoms with E-state index < -0.39 is 0 Å². The zero-order chi connectivity index (χ0) is 33.3. The monoisotopic (exact) mass is 639 g/mol. The van der Waals surface area contributed by atoms with Crippen LogP contribution in [0.5, 0.6) is 0 Å². The highest BCUT2D eigenvalue weighted by Gasteiger charge is 2.42. The lowest BCUT2D eigenvalue weighted by molar-refractivity contribution is 0.590. The summed E-state index contributed by atoms with van der Waals surface area (Å²) in [6, 6.07) is 56.5. The van der Waals surface area contributed by atoms with Gasteiger partial charge < -0.3 is 14.0 Å². The molecule has 4 heterocycles. The Morgan fingerprint density at radius 3 is 1.90 bits per heavy atom. The van der Waals surface area contributed by atoms with Crippen molar-refractivity contribution in [3.63, 3.8) is 0 Å². The Labute approximate surface area is 291 Å². The van der Waals surface area contributed by atoms with E-state index >= 15 is 0 Å². The molecule has 0 radical (unpaired) electrons. The first kappa shape index (κ1) is 27.9. The van der Waals surface area contributed by atoms with Gasteiger partial charge in [-0.3, -0.25) is 0 Å². The summed E-state index contributed by atoms with van der Waals surface area (Å²) < 4.78 is 5.03. The fourth-order valence-electron chi connectivity index (χ4n) is 9.02. The normalized spacial score (nSPS) is 13.4. The number of benzene rings is 7. The van der Waals surface area contributed by atoms with Gasteiger partial charge in [-0.2, -0.15) is 0 Å². The van der Waals surface area contributed by atoms with Gasteiger partial charge >= 0.3 is 0 Å². The van der Waals surface area contributed by atoms with Gasteiger partial charge in [0.2, 0.25) is 0 Å². The van der Waals surface area contributed by atoms with Crippen LogP contribution in [0.3, 0.4) is 0 Å². The van der Waals surface area contributed by atoms with Crippen molar-refractivity contribution in [1.82, 2.24) is 9.13 Å². The highest BCUT2D eigenvalue weighted by molar-refractivity contribution is 7.00. The third-order valence-corrected chi connectivity index (χ3v) is 11.2. The highest BCUT2D eigenvalue weighted by Crippen LogP contribution is 2.44. The van der Waals surface area contributed by atoms with Crippen LogP contribution in [0.1, 0.15) is 26.3 Å². The fourth-order valence-corrected chi connectivity index (χ4v) is 9.02. The molecule has 50 heavy (non-hydrogen) atoms. The van der Waals surface area contributed by atoms with Crippen LogP contribution < -0.4 is 21.3 Å². The Bertz CT molecular complexity index is 2850. The molecular formula is C46H34BN3. The first-order valence-corrected chi connectivity index (χ1v) is 17.7. The molecule has 2 aliphatic heterocycles. The third-order valence-electron chi connectivity index (χ3n) is 11.2. The fraction of sp³-hybridized carbons (Fsp3) is 0.0870. The molecule has 11 rings (SSSR count). The maximum Gasteiger partial charge on any atom is 0.252 e. The van der Waals surface area contributed by atoms with E-state index in [-0.39, 0.29) is 12.1 Å². The molecule has 0 N–H and O–H groups in total. The highest BCUT2D eigenvalue weighted by atomic mass is 15.2. The summed E-state index contributed by atoms with van der Waals surface area (Å²) in [5, 5.41) is 5.16. The van der Waals surface area contributed by atoms with Gasteiger partial charge in [-0.25, -0.2) is 0 Å². The van der Waals surface area contributed by atoms with Gasteiger partial charge in [-0.15, -0.1) is 0 Å². The molecule has 0 aliphatic carbocycles. The second-order valence-electron chi connectivity index (χ2n) is 15.0. The predicted molar refractivity (Wildman–Crippen MR) is 213 cm³/mol. The van der Waals surface area contributed by atoms with E-state index in [9.17, 15) is 0 Å². The van der Waals surface area contributed by atoms with Crippen LogP contribution in [0, 0.1) is 0 Å². The maximum absolute atomic E-state index is 2.59. The van der Waals surface area contributed by atoms with Crippen LogP contribution in [-0.2, 0) is 5.41 Å². The molecule has 9 aromatic rings. The number of fused-ring (bicyclic) bond motifs is 11. The number of rotatable bonds is 2. The van der Waals surface area contributed by atoms with Crippen molar-refractivity contribution in [2.45, 2.75) is 26.2 Å². The topological polar surface area (TPSA) is 13.1 Å². The van der Waals surface area contributed by atoms with Crippen LogP contribution in [0.25, 0.3) is 55.0 Å². The van der Waals surface area contributed by atoms with Crippen molar-refractivity contribution in [2.75, 3.05) is 4.90 Å². The van der Waals surface area contributed by atoms with Crippen LogP contribution >= 0.6 is 0 Å². The second-order valence-corrected chi connectivity index (χ2v) is 15.0. The molecule has 0 spiro atoms. The first-order valence-electron chi connectivity index (χ1n) is 17.7. The SMILES string of the molecule is CC(C)(C)c1ccc2c(c1)B1c3ccccc3N(c3ccccc3)c3ccc4c5cc6c7ccccc7n(-c7ccccc7)c6cc5n-2c4c31. The first-order chi connectivity index (χ1) is 24.5. The molecular weight excluding hydrogens is 605 g/mol. The number of anilines is 3. The minimum absolute atomic E-state index is 0.0238. The van der Waals surface area contributed by atoms with Gasteiger partial charge in [0.25, 0.3) is 6.71 Å². The van der Waals surface area contributed by atoms with Gasteiger partial charge in [0, 0.05) is 50.0 Å². The van der Waals surface area contributed by atoms with Crippen LogP contribution in [0.2, 0.25) is 0 Å². The Hall–Kier alpha value is -6.00. The number of para-hydroxylation sites is 4. The lowest BCUT2D eigenvalue weighted by atomic mass is 9.33. The Morgan fingerprint density at radius 2 is 1.10 bits per heavy atom. The zero-order valence-electron chi connectivity index (χ0n) is 28.4. The molecule has 0 amide bonds. The molecule has 7 aromatic carbocycles. The quantitative estimate of drug-likeness (QED) is 0.172. The summed E-state index contributed by atoms with van der Waals surface area (Å²) in [5.74, 6) is 0. The van der Waals surface area contributed by atoms with E-state index in [0.717, 1.165) is 0 Å². The lowest BCUT2D eigenvalue weighted by Crippen LogP contribution is -2.60. The second kappa shape index (κ2) is 9.80. The molecule has 0 saturated heterocycles. The average molecular weight is 640 g/mol. The molecule has 0 atom stereocenters. The molecule has 0 unspecified atom stereocenters. The van der Waals surface area contributed by atoms with Gasteiger partial charge in [-0.05, 0) is 88.0 Å². The lowest BCUT2D eigenvalue weighted by Gasteiger charge is -2.40. The van der Waals surface area contributed by atoms with E-state index in [1.54, 1.807) is 0 Å². The van der Waals surface area contributed by atoms with Crippen LogP contribution in [-0.4, -0.2) is 15.8 Å². The smallest absolute Gasteiger partial charge is 0.252 e. The number of hydrogen-bond donors (Lipinski definition) is 0. The Morgan fingerprint density at radius 1 is 0.440 bits per heavy atom. The summed E-state index contributed by atoms with van der Waals surface area (Å²) in [6.07, 6.45) is 0. The Balaban J connectivity index is 1.33. The summed E-state index contributed by atoms with van der Waals surface area (Å²) in [6.45, 7) is 7.09. The zero-order valence-corrected chi connectivity index (χ0v) is 28.4. The van der Waals surface area contributed by atoms with Crippen molar-refractivity contribution >= 4 is 83.8 Å². The predicted octanol–water partition coefficient (Wildman–Crippen LogP) is 9.79. The van der Waals surface area contributed by atoms with E-state index in [1.165, 1.54) is 94.0 Å². The van der Waals surface area contributed by atoms with Crippen LogP contribution in [0.15, 0.2) is 152 Å². The summed E-state index contributed by atoms with van der Waals surface area (Å²) in [5.41, 5.74) is 16.7. The standard InChI is InChI=1S/C46H34BN3/c1-46(2,3)29-22-24-40-37(26-29)47-36-19-11-13-21-39(36)49(31-16-8-5-9-17-31)41-25-23-33-35-27-34-32-18-10-12-20-38(32)48(30-14-6-4-7-15-30)42(34)28-43(35)50(40)45(33)44(41)47/h4-28H,1-3H3. The van der Waals surface area contributed by atoms with E-state index in [1.807, 2.05) is 0 Å².